The Kier molecular flexibility index (Phi) is 5.51. The van der Waals surface area contributed by atoms with Crippen LogP contribution in [-0.2, 0) is 18.4 Å². The minimum atomic E-state index is -0.594. The van der Waals surface area contributed by atoms with Gasteiger partial charge in [-0.15, -0.1) is 10.2 Å². The molecule has 0 aliphatic carbocycles. The molecule has 2 fully saturated rings. The van der Waals surface area contributed by atoms with Crippen molar-refractivity contribution in [3.05, 3.63) is 45.0 Å². The highest BCUT2D eigenvalue weighted by atomic mass is 16.5. The highest BCUT2D eigenvalue weighted by Gasteiger charge is 2.31. The van der Waals surface area contributed by atoms with E-state index in [2.05, 4.69) is 10.2 Å². The molecule has 2 aromatic heterocycles. The summed E-state index contributed by atoms with van der Waals surface area (Å²) in [6, 6.07) is 1.76. The average molecular weight is 402 g/mol. The third-order valence-corrected chi connectivity index (χ3v) is 5.92. The van der Waals surface area contributed by atoms with Gasteiger partial charge in [-0.05, 0) is 44.2 Å². The molecule has 9 nitrogen and oxygen atoms in total. The fraction of sp³-hybridized carbons (Fsp3) is 0.600. The highest BCUT2D eigenvalue weighted by molar-refractivity contribution is 5.95. The average Bonchev–Trinajstić information content (AvgIpc) is 3.37. The van der Waals surface area contributed by atoms with Crippen LogP contribution in [0.5, 0.6) is 0 Å². The summed E-state index contributed by atoms with van der Waals surface area (Å²) >= 11 is 0. The fourth-order valence-corrected chi connectivity index (χ4v) is 4.22. The van der Waals surface area contributed by atoms with Gasteiger partial charge in [0.1, 0.15) is 29.9 Å². The Bertz CT molecular complexity index is 952. The monoisotopic (exact) mass is 402 g/mol. The number of hydrogen-bond donors (Lipinski definition) is 1. The predicted octanol–water partition coefficient (Wildman–Crippen LogP) is 1.44. The predicted molar refractivity (Wildman–Crippen MR) is 102 cm³/mol. The molecule has 0 radical (unpaired) electrons. The fourth-order valence-electron chi connectivity index (χ4n) is 4.22. The molecule has 2 saturated heterocycles. The van der Waals surface area contributed by atoms with Gasteiger partial charge in [0.05, 0.1) is 0 Å². The van der Waals surface area contributed by atoms with Crippen molar-refractivity contribution in [2.45, 2.75) is 51.2 Å². The van der Waals surface area contributed by atoms with Gasteiger partial charge in [0, 0.05) is 32.7 Å². The lowest BCUT2D eigenvalue weighted by Crippen LogP contribution is -2.40. The lowest BCUT2D eigenvalue weighted by atomic mass is 9.95. The topological polar surface area (TPSA) is 111 Å². The van der Waals surface area contributed by atoms with E-state index < -0.39 is 5.63 Å². The summed E-state index contributed by atoms with van der Waals surface area (Å²) in [6.45, 7) is 3.33. The third kappa shape index (κ3) is 3.72. The summed E-state index contributed by atoms with van der Waals surface area (Å²) < 4.78 is 12.8. The van der Waals surface area contributed by atoms with E-state index in [0.29, 0.717) is 36.8 Å². The van der Waals surface area contributed by atoms with Gasteiger partial charge < -0.3 is 23.7 Å². The van der Waals surface area contributed by atoms with Gasteiger partial charge in [0.15, 0.2) is 5.82 Å². The number of piperidine rings is 1. The molecule has 4 rings (SSSR count). The van der Waals surface area contributed by atoms with Crippen molar-refractivity contribution in [2.75, 3.05) is 19.7 Å². The van der Waals surface area contributed by atoms with Crippen molar-refractivity contribution in [1.29, 1.82) is 0 Å². The largest absolute Gasteiger partial charge is 0.424 e. The van der Waals surface area contributed by atoms with Crippen molar-refractivity contribution in [1.82, 2.24) is 19.7 Å². The first-order chi connectivity index (χ1) is 14.0. The molecular weight excluding hydrogens is 376 g/mol. The summed E-state index contributed by atoms with van der Waals surface area (Å²) in [4.78, 5) is 27.3. The highest BCUT2D eigenvalue weighted by Crippen LogP contribution is 2.30. The van der Waals surface area contributed by atoms with Gasteiger partial charge >= 0.3 is 5.63 Å². The Labute approximate surface area is 168 Å². The number of aliphatic hydroxyl groups excluding tert-OH is 1. The Morgan fingerprint density at radius 2 is 2.03 bits per heavy atom. The number of likely N-dealkylation sites (tertiary alicyclic amines) is 1. The van der Waals surface area contributed by atoms with Crippen LogP contribution in [0.1, 0.15) is 71.0 Å². The quantitative estimate of drug-likeness (QED) is 0.824. The van der Waals surface area contributed by atoms with E-state index in [-0.39, 0.29) is 30.1 Å². The number of carbonyl (C=O) groups is 1. The zero-order valence-electron chi connectivity index (χ0n) is 16.8. The summed E-state index contributed by atoms with van der Waals surface area (Å²) in [7, 11) is 1.84. The van der Waals surface area contributed by atoms with Crippen LogP contribution >= 0.6 is 0 Å². The summed E-state index contributed by atoms with van der Waals surface area (Å²) in [5, 5.41) is 17.5. The molecule has 1 amide bonds. The SMILES string of the molecule is Cc1cc(C2CCCO2)oc(=O)c1C(=O)N1CCC(c2nnc(CO)n2C)CC1. The van der Waals surface area contributed by atoms with Crippen LogP contribution in [0.3, 0.4) is 0 Å². The maximum Gasteiger partial charge on any atom is 0.349 e. The zero-order chi connectivity index (χ0) is 20.5. The molecule has 2 aliphatic rings. The van der Waals surface area contributed by atoms with Crippen molar-refractivity contribution >= 4 is 5.91 Å². The minimum absolute atomic E-state index is 0.103. The van der Waals surface area contributed by atoms with Crippen LogP contribution in [0.4, 0.5) is 0 Å². The molecule has 0 bridgehead atoms. The lowest BCUT2D eigenvalue weighted by Gasteiger charge is -2.31. The number of hydrogen-bond acceptors (Lipinski definition) is 7. The van der Waals surface area contributed by atoms with Gasteiger partial charge in [-0.25, -0.2) is 4.79 Å². The Morgan fingerprint density at radius 3 is 2.62 bits per heavy atom. The molecule has 0 aromatic carbocycles. The van der Waals surface area contributed by atoms with Gasteiger partial charge in [-0.3, -0.25) is 4.79 Å². The Balaban J connectivity index is 1.47. The van der Waals surface area contributed by atoms with E-state index in [1.54, 1.807) is 17.9 Å². The van der Waals surface area contributed by atoms with Crippen LogP contribution in [0.2, 0.25) is 0 Å². The molecule has 1 N–H and O–H groups in total. The maximum atomic E-state index is 13.0. The summed E-state index contributed by atoms with van der Waals surface area (Å²) in [6.07, 6.45) is 3.01. The van der Waals surface area contributed by atoms with E-state index in [0.717, 1.165) is 31.5 Å². The lowest BCUT2D eigenvalue weighted by molar-refractivity contribution is 0.0697. The number of nitrogens with zero attached hydrogens (tertiary/aromatic N) is 4. The molecule has 0 spiro atoms. The van der Waals surface area contributed by atoms with Crippen molar-refractivity contribution in [3.63, 3.8) is 0 Å². The van der Waals surface area contributed by atoms with Gasteiger partial charge in [0.25, 0.3) is 5.91 Å². The van der Waals surface area contributed by atoms with Gasteiger partial charge in [-0.1, -0.05) is 0 Å². The van der Waals surface area contributed by atoms with E-state index in [4.69, 9.17) is 9.15 Å². The molecule has 2 aromatic rings. The van der Waals surface area contributed by atoms with Crippen molar-refractivity contribution < 1.29 is 19.1 Å². The second kappa shape index (κ2) is 8.08. The Hall–Kier alpha value is -2.52. The third-order valence-electron chi connectivity index (χ3n) is 5.92. The first-order valence-corrected chi connectivity index (χ1v) is 10.0. The van der Waals surface area contributed by atoms with Crippen molar-refractivity contribution in [2.24, 2.45) is 7.05 Å². The smallest absolute Gasteiger partial charge is 0.349 e. The zero-order valence-corrected chi connectivity index (χ0v) is 16.8. The standard InChI is InChI=1S/C20H26N4O5/c1-12-10-15(14-4-3-9-28-14)29-20(27)17(12)19(26)24-7-5-13(6-8-24)18-22-21-16(11-25)23(18)2/h10,13-14,25H,3-9,11H2,1-2H3. The molecule has 1 atom stereocenters. The normalized spacial score (nSPS) is 20.4. The van der Waals surface area contributed by atoms with E-state index in [1.807, 2.05) is 11.6 Å². The minimum Gasteiger partial charge on any atom is -0.424 e. The van der Waals surface area contributed by atoms with Gasteiger partial charge in [0.2, 0.25) is 0 Å². The van der Waals surface area contributed by atoms with E-state index >= 15 is 0 Å². The summed E-state index contributed by atoms with van der Waals surface area (Å²) in [5.74, 6) is 1.72. The van der Waals surface area contributed by atoms with Crippen LogP contribution < -0.4 is 5.63 Å². The van der Waals surface area contributed by atoms with Crippen LogP contribution in [0.25, 0.3) is 0 Å². The number of rotatable bonds is 4. The van der Waals surface area contributed by atoms with Crippen LogP contribution in [0.15, 0.2) is 15.3 Å². The molecule has 156 valence electrons. The van der Waals surface area contributed by atoms with Crippen molar-refractivity contribution in [3.8, 4) is 0 Å². The number of ether oxygens (including phenoxy) is 1. The number of carbonyl (C=O) groups excluding carboxylic acids is 1. The number of aromatic nitrogens is 3. The molecule has 29 heavy (non-hydrogen) atoms. The summed E-state index contributed by atoms with van der Waals surface area (Å²) in [5.41, 5.74) is 0.134. The number of aliphatic hydroxyl groups is 1. The number of aryl methyl sites for hydroxylation is 1. The number of amides is 1. The second-order valence-corrected chi connectivity index (χ2v) is 7.75. The van der Waals surface area contributed by atoms with Gasteiger partial charge in [-0.2, -0.15) is 0 Å². The first-order valence-electron chi connectivity index (χ1n) is 10.0. The Morgan fingerprint density at radius 1 is 1.28 bits per heavy atom. The second-order valence-electron chi connectivity index (χ2n) is 7.75. The molecule has 4 heterocycles. The van der Waals surface area contributed by atoms with Crippen LogP contribution in [-0.4, -0.2) is 50.4 Å². The molecular formula is C20H26N4O5. The van der Waals surface area contributed by atoms with E-state index in [1.165, 1.54) is 0 Å². The van der Waals surface area contributed by atoms with Crippen LogP contribution in [0, 0.1) is 6.92 Å². The molecule has 9 heteroatoms. The van der Waals surface area contributed by atoms with E-state index in [9.17, 15) is 14.7 Å². The first kappa shape index (κ1) is 19.8. The molecule has 2 aliphatic heterocycles. The molecule has 0 saturated carbocycles. The maximum absolute atomic E-state index is 13.0. The molecule has 1 unspecified atom stereocenters.